The Bertz CT molecular complexity index is 256. The molecular formula is C8H12BrN3. The van der Waals surface area contributed by atoms with Crippen molar-refractivity contribution in [3.63, 3.8) is 0 Å². The van der Waals surface area contributed by atoms with E-state index in [1.807, 2.05) is 17.9 Å². The van der Waals surface area contributed by atoms with Crippen LogP contribution in [0.25, 0.3) is 0 Å². The molecule has 1 saturated heterocycles. The second-order valence-electron chi connectivity index (χ2n) is 3.19. The molecule has 1 unspecified atom stereocenters. The lowest BCUT2D eigenvalue weighted by Crippen LogP contribution is -2.11. The van der Waals surface area contributed by atoms with Crippen LogP contribution in [0, 0.1) is 0 Å². The number of nitrogens with zero attached hydrogens (tertiary/aromatic N) is 2. The van der Waals surface area contributed by atoms with Gasteiger partial charge in [0.1, 0.15) is 0 Å². The molecule has 1 N–H and O–H groups in total. The van der Waals surface area contributed by atoms with Crippen molar-refractivity contribution in [1.29, 1.82) is 0 Å². The first kappa shape index (κ1) is 8.26. The molecule has 1 aromatic heterocycles. The van der Waals surface area contributed by atoms with E-state index in [0.29, 0.717) is 5.92 Å². The third kappa shape index (κ3) is 1.29. The highest BCUT2D eigenvalue weighted by atomic mass is 79.9. The fourth-order valence-electron chi connectivity index (χ4n) is 1.77. The number of halogens is 1. The van der Waals surface area contributed by atoms with Crippen molar-refractivity contribution in [2.24, 2.45) is 7.05 Å². The Morgan fingerprint density at radius 2 is 2.58 bits per heavy atom. The molecule has 0 aliphatic carbocycles. The molecule has 0 bridgehead atoms. The van der Waals surface area contributed by atoms with E-state index >= 15 is 0 Å². The number of aromatic nitrogens is 2. The van der Waals surface area contributed by atoms with Crippen LogP contribution in [0.5, 0.6) is 0 Å². The average Bonchev–Trinajstić information content (AvgIpc) is 2.61. The van der Waals surface area contributed by atoms with E-state index in [0.717, 1.165) is 17.6 Å². The van der Waals surface area contributed by atoms with Crippen LogP contribution in [-0.2, 0) is 7.05 Å². The molecule has 0 aromatic carbocycles. The summed E-state index contributed by atoms with van der Waals surface area (Å²) in [6.07, 6.45) is 3.09. The smallest absolute Gasteiger partial charge is 0.0635 e. The molecule has 1 atom stereocenters. The number of nitrogens with one attached hydrogen (secondary N) is 1. The standard InChI is InChI=1S/C8H12BrN3/c1-12-8(7(9)5-11-12)6-2-3-10-4-6/h5-6,10H,2-4H2,1H3. The van der Waals surface area contributed by atoms with Gasteiger partial charge in [-0.3, -0.25) is 4.68 Å². The molecule has 0 spiro atoms. The van der Waals surface area contributed by atoms with Crippen LogP contribution in [0.1, 0.15) is 18.0 Å². The Balaban J connectivity index is 2.30. The highest BCUT2D eigenvalue weighted by Gasteiger charge is 2.21. The minimum Gasteiger partial charge on any atom is -0.316 e. The second kappa shape index (κ2) is 3.18. The van der Waals surface area contributed by atoms with Gasteiger partial charge in [-0.15, -0.1) is 0 Å². The summed E-state index contributed by atoms with van der Waals surface area (Å²) in [7, 11) is 2.00. The maximum atomic E-state index is 4.20. The Morgan fingerprint density at radius 1 is 1.75 bits per heavy atom. The Kier molecular flexibility index (Phi) is 2.19. The van der Waals surface area contributed by atoms with E-state index in [1.165, 1.54) is 12.1 Å². The summed E-state index contributed by atoms with van der Waals surface area (Å²) in [6, 6.07) is 0. The molecule has 0 saturated carbocycles. The molecule has 4 heteroatoms. The quantitative estimate of drug-likeness (QED) is 0.787. The lowest BCUT2D eigenvalue weighted by atomic mass is 10.1. The third-order valence-corrected chi connectivity index (χ3v) is 3.00. The number of aryl methyl sites for hydroxylation is 1. The molecule has 66 valence electrons. The van der Waals surface area contributed by atoms with E-state index in [4.69, 9.17) is 0 Å². The molecule has 1 aromatic rings. The zero-order chi connectivity index (χ0) is 8.55. The van der Waals surface area contributed by atoms with Gasteiger partial charge in [0.05, 0.1) is 16.4 Å². The maximum absolute atomic E-state index is 4.20. The average molecular weight is 230 g/mol. The van der Waals surface area contributed by atoms with Gasteiger partial charge in [0.15, 0.2) is 0 Å². The zero-order valence-corrected chi connectivity index (χ0v) is 8.63. The van der Waals surface area contributed by atoms with E-state index in [1.54, 1.807) is 0 Å². The third-order valence-electron chi connectivity index (χ3n) is 2.38. The second-order valence-corrected chi connectivity index (χ2v) is 4.05. The van der Waals surface area contributed by atoms with Gasteiger partial charge in [-0.25, -0.2) is 0 Å². The van der Waals surface area contributed by atoms with Gasteiger partial charge in [0.2, 0.25) is 0 Å². The van der Waals surface area contributed by atoms with Crippen LogP contribution < -0.4 is 5.32 Å². The number of rotatable bonds is 1. The largest absolute Gasteiger partial charge is 0.316 e. The lowest BCUT2D eigenvalue weighted by molar-refractivity contribution is 0.635. The van der Waals surface area contributed by atoms with Crippen molar-refractivity contribution in [2.75, 3.05) is 13.1 Å². The van der Waals surface area contributed by atoms with Crippen LogP contribution in [0.4, 0.5) is 0 Å². The highest BCUT2D eigenvalue weighted by Crippen LogP contribution is 2.28. The summed E-state index contributed by atoms with van der Waals surface area (Å²) >= 11 is 3.52. The van der Waals surface area contributed by atoms with Gasteiger partial charge < -0.3 is 5.32 Å². The van der Waals surface area contributed by atoms with Gasteiger partial charge in [-0.05, 0) is 28.9 Å². The van der Waals surface area contributed by atoms with Crippen LogP contribution in [-0.4, -0.2) is 22.9 Å². The summed E-state index contributed by atoms with van der Waals surface area (Å²) < 4.78 is 3.10. The fourth-order valence-corrected chi connectivity index (χ4v) is 2.44. The molecule has 2 rings (SSSR count). The molecule has 1 aliphatic heterocycles. The van der Waals surface area contributed by atoms with Crippen LogP contribution in [0.15, 0.2) is 10.7 Å². The Morgan fingerprint density at radius 3 is 3.08 bits per heavy atom. The highest BCUT2D eigenvalue weighted by molar-refractivity contribution is 9.10. The molecule has 1 fully saturated rings. The van der Waals surface area contributed by atoms with Crippen LogP contribution in [0.2, 0.25) is 0 Å². The first-order valence-corrected chi connectivity index (χ1v) is 4.96. The van der Waals surface area contributed by atoms with Crippen LogP contribution >= 0.6 is 15.9 Å². The van der Waals surface area contributed by atoms with Crippen molar-refractivity contribution < 1.29 is 0 Å². The van der Waals surface area contributed by atoms with E-state index in [2.05, 4.69) is 26.3 Å². The molecule has 3 nitrogen and oxygen atoms in total. The summed E-state index contributed by atoms with van der Waals surface area (Å²) in [5, 5.41) is 7.56. The Hall–Kier alpha value is -0.350. The molecule has 1 aliphatic rings. The topological polar surface area (TPSA) is 29.9 Å². The number of hydrogen-bond acceptors (Lipinski definition) is 2. The molecule has 2 heterocycles. The lowest BCUT2D eigenvalue weighted by Gasteiger charge is -2.09. The maximum Gasteiger partial charge on any atom is 0.0635 e. The Labute approximate surface area is 80.3 Å². The van der Waals surface area contributed by atoms with Crippen molar-refractivity contribution in [3.05, 3.63) is 16.4 Å². The minimum absolute atomic E-state index is 0.631. The van der Waals surface area contributed by atoms with Gasteiger partial charge >= 0.3 is 0 Å². The monoisotopic (exact) mass is 229 g/mol. The first-order valence-electron chi connectivity index (χ1n) is 4.17. The van der Waals surface area contributed by atoms with Gasteiger partial charge in [0, 0.05) is 19.5 Å². The van der Waals surface area contributed by atoms with E-state index in [9.17, 15) is 0 Å². The van der Waals surface area contributed by atoms with Gasteiger partial charge in [-0.1, -0.05) is 0 Å². The van der Waals surface area contributed by atoms with E-state index in [-0.39, 0.29) is 0 Å². The summed E-state index contributed by atoms with van der Waals surface area (Å²) in [6.45, 7) is 2.21. The van der Waals surface area contributed by atoms with Gasteiger partial charge in [0.25, 0.3) is 0 Å². The summed E-state index contributed by atoms with van der Waals surface area (Å²) in [4.78, 5) is 0. The molecular weight excluding hydrogens is 218 g/mol. The van der Waals surface area contributed by atoms with Crippen LogP contribution in [0.3, 0.4) is 0 Å². The molecule has 0 radical (unpaired) electrons. The van der Waals surface area contributed by atoms with E-state index < -0.39 is 0 Å². The molecule has 0 amide bonds. The molecule has 12 heavy (non-hydrogen) atoms. The van der Waals surface area contributed by atoms with Crippen molar-refractivity contribution in [2.45, 2.75) is 12.3 Å². The first-order chi connectivity index (χ1) is 5.79. The van der Waals surface area contributed by atoms with Crippen molar-refractivity contribution >= 4 is 15.9 Å². The zero-order valence-electron chi connectivity index (χ0n) is 7.05. The van der Waals surface area contributed by atoms with Crippen molar-refractivity contribution in [1.82, 2.24) is 15.1 Å². The normalized spacial score (nSPS) is 23.3. The fraction of sp³-hybridized carbons (Fsp3) is 0.625. The summed E-state index contributed by atoms with van der Waals surface area (Å²) in [5.41, 5.74) is 1.32. The number of hydrogen-bond donors (Lipinski definition) is 1. The van der Waals surface area contributed by atoms with Crippen molar-refractivity contribution in [3.8, 4) is 0 Å². The SMILES string of the molecule is Cn1ncc(Br)c1C1CCNC1. The van der Waals surface area contributed by atoms with Gasteiger partial charge in [-0.2, -0.15) is 5.10 Å². The predicted octanol–water partition coefficient (Wildman–Crippen LogP) is 1.26. The summed E-state index contributed by atoms with van der Waals surface area (Å²) in [5.74, 6) is 0.631. The minimum atomic E-state index is 0.631. The predicted molar refractivity (Wildman–Crippen MR) is 51.1 cm³/mol.